The van der Waals surface area contributed by atoms with Crippen LogP contribution in [-0.4, -0.2) is 46.2 Å². The lowest BCUT2D eigenvalue weighted by molar-refractivity contribution is 0.0518. The van der Waals surface area contributed by atoms with Crippen molar-refractivity contribution in [2.45, 2.75) is 53.6 Å². The molecule has 1 aromatic heterocycles. The Morgan fingerprint density at radius 2 is 1.68 bits per heavy atom. The molecular weight excluding hydrogens is 356 g/mol. The Balaban J connectivity index is 2.39. The summed E-state index contributed by atoms with van der Waals surface area (Å²) < 4.78 is 5.05. The van der Waals surface area contributed by atoms with E-state index in [1.165, 1.54) is 0 Å². The molecule has 150 valence electrons. The molecule has 6 nitrogen and oxygen atoms in total. The maximum Gasteiger partial charge on any atom is 0.355 e. The molecule has 1 N–H and O–H groups in total. The summed E-state index contributed by atoms with van der Waals surface area (Å²) in [6, 6.07) is 8.05. The number of amides is 1. The normalized spacial score (nSPS) is 12.0. The summed E-state index contributed by atoms with van der Waals surface area (Å²) in [5, 5.41) is 0. The number of hydrogen-bond acceptors (Lipinski definition) is 4. The van der Waals surface area contributed by atoms with Crippen LogP contribution in [0.15, 0.2) is 30.3 Å². The lowest BCUT2D eigenvalue weighted by Gasteiger charge is -2.32. The van der Waals surface area contributed by atoms with Gasteiger partial charge in [-0.2, -0.15) is 0 Å². The second-order valence-electron chi connectivity index (χ2n) is 7.06. The number of H-pyrrole nitrogens is 1. The summed E-state index contributed by atoms with van der Waals surface area (Å²) in [5.74, 6) is -0.899. The van der Waals surface area contributed by atoms with E-state index < -0.39 is 12.0 Å². The predicted octanol–water partition coefficient (Wildman–Crippen LogP) is 3.93. The number of aryl methyl sites for hydroxylation is 1. The Hall–Kier alpha value is -2.89. The number of hydrogen-bond donors (Lipinski definition) is 1. The molecule has 0 saturated carbocycles. The fraction of sp³-hybridized carbons (Fsp3) is 0.409. The van der Waals surface area contributed by atoms with Crippen LogP contribution in [0.3, 0.4) is 0 Å². The first-order valence-corrected chi connectivity index (χ1v) is 9.48. The van der Waals surface area contributed by atoms with E-state index in [2.05, 4.69) is 4.98 Å². The van der Waals surface area contributed by atoms with E-state index in [0.29, 0.717) is 22.4 Å². The van der Waals surface area contributed by atoms with Crippen LogP contribution >= 0.6 is 0 Å². The van der Waals surface area contributed by atoms with Crippen LogP contribution in [0.25, 0.3) is 0 Å². The largest absolute Gasteiger partial charge is 0.461 e. The van der Waals surface area contributed by atoms with E-state index in [9.17, 15) is 14.4 Å². The molecule has 0 fully saturated rings. The minimum absolute atomic E-state index is 0.171. The Morgan fingerprint density at radius 1 is 1.07 bits per heavy atom. The predicted molar refractivity (Wildman–Crippen MR) is 108 cm³/mol. The highest BCUT2D eigenvalue weighted by Gasteiger charge is 2.33. The van der Waals surface area contributed by atoms with Crippen LogP contribution in [0, 0.1) is 13.8 Å². The molecule has 0 aliphatic heterocycles. The monoisotopic (exact) mass is 384 g/mol. The second kappa shape index (κ2) is 8.87. The minimum Gasteiger partial charge on any atom is -0.461 e. The summed E-state index contributed by atoms with van der Waals surface area (Å²) >= 11 is 0. The van der Waals surface area contributed by atoms with Gasteiger partial charge in [-0.15, -0.1) is 0 Å². The van der Waals surface area contributed by atoms with Gasteiger partial charge in [0.1, 0.15) is 5.69 Å². The number of Topliss-reactive ketones (excluding diaryl/α,β-unsaturated/α-hetero) is 1. The zero-order valence-electron chi connectivity index (χ0n) is 17.3. The van der Waals surface area contributed by atoms with Crippen LogP contribution < -0.4 is 0 Å². The zero-order chi connectivity index (χ0) is 21.0. The van der Waals surface area contributed by atoms with Crippen molar-refractivity contribution in [3.8, 4) is 0 Å². The van der Waals surface area contributed by atoms with Gasteiger partial charge in [0, 0.05) is 22.9 Å². The Labute approximate surface area is 165 Å². The quantitative estimate of drug-likeness (QED) is 0.579. The average molecular weight is 384 g/mol. The number of nitrogens with one attached hydrogen (secondary N) is 1. The first-order chi connectivity index (χ1) is 13.2. The van der Waals surface area contributed by atoms with Gasteiger partial charge in [-0.05, 0) is 59.2 Å². The molecule has 2 aromatic rings. The summed E-state index contributed by atoms with van der Waals surface area (Å²) in [6.07, 6.45) is 0. The third kappa shape index (κ3) is 4.16. The number of nitrogens with zero attached hydrogens (tertiary/aromatic N) is 1. The van der Waals surface area contributed by atoms with Gasteiger partial charge in [-0.3, -0.25) is 9.59 Å². The third-order valence-electron chi connectivity index (χ3n) is 4.77. The van der Waals surface area contributed by atoms with Gasteiger partial charge >= 0.3 is 5.97 Å². The van der Waals surface area contributed by atoms with Gasteiger partial charge in [0.15, 0.2) is 5.78 Å². The number of aromatic nitrogens is 1. The molecule has 1 heterocycles. The van der Waals surface area contributed by atoms with Crippen LogP contribution in [0.2, 0.25) is 0 Å². The number of esters is 1. The van der Waals surface area contributed by atoms with Crippen molar-refractivity contribution in [3.63, 3.8) is 0 Å². The summed E-state index contributed by atoms with van der Waals surface area (Å²) in [6.45, 7) is 10.9. The molecule has 0 radical (unpaired) electrons. The maximum absolute atomic E-state index is 13.3. The van der Waals surface area contributed by atoms with Crippen molar-refractivity contribution in [3.05, 3.63) is 58.4 Å². The molecule has 1 atom stereocenters. The topological polar surface area (TPSA) is 79.5 Å². The molecule has 0 aliphatic rings. The number of aromatic amines is 1. The lowest BCUT2D eigenvalue weighted by atomic mass is 9.98. The fourth-order valence-corrected chi connectivity index (χ4v) is 3.45. The molecule has 0 saturated heterocycles. The Kier molecular flexibility index (Phi) is 6.78. The minimum atomic E-state index is -0.684. The fourth-order valence-electron chi connectivity index (χ4n) is 3.45. The molecular formula is C22H28N2O4. The van der Waals surface area contributed by atoms with Gasteiger partial charge in [0.25, 0.3) is 5.91 Å². The Morgan fingerprint density at radius 3 is 2.21 bits per heavy atom. The number of ketones is 1. The van der Waals surface area contributed by atoms with Gasteiger partial charge in [-0.1, -0.05) is 18.2 Å². The van der Waals surface area contributed by atoms with E-state index in [-0.39, 0.29) is 30.0 Å². The summed E-state index contributed by atoms with van der Waals surface area (Å²) in [7, 11) is 0. The van der Waals surface area contributed by atoms with Crippen molar-refractivity contribution < 1.29 is 19.1 Å². The van der Waals surface area contributed by atoms with Crippen molar-refractivity contribution in [2.75, 3.05) is 6.61 Å². The molecule has 0 aliphatic carbocycles. The molecule has 0 spiro atoms. The van der Waals surface area contributed by atoms with E-state index in [1.54, 1.807) is 56.9 Å². The van der Waals surface area contributed by atoms with Gasteiger partial charge in [-0.25, -0.2) is 4.79 Å². The van der Waals surface area contributed by atoms with Crippen molar-refractivity contribution in [1.29, 1.82) is 0 Å². The van der Waals surface area contributed by atoms with E-state index >= 15 is 0 Å². The lowest BCUT2D eigenvalue weighted by Crippen LogP contribution is -2.47. The van der Waals surface area contributed by atoms with E-state index in [4.69, 9.17) is 4.74 Å². The number of benzene rings is 1. The molecule has 28 heavy (non-hydrogen) atoms. The second-order valence-corrected chi connectivity index (χ2v) is 7.06. The van der Waals surface area contributed by atoms with Crippen molar-refractivity contribution in [1.82, 2.24) is 9.88 Å². The summed E-state index contributed by atoms with van der Waals surface area (Å²) in [4.78, 5) is 43.0. The number of ether oxygens (including phenoxy) is 1. The molecule has 6 heteroatoms. The standard InChI is InChI=1S/C22H28N2O4/c1-7-28-22(27)19-14(4)18(15(5)23-19)20(25)16(6)24(13(2)3)21(26)17-11-9-8-10-12-17/h8-13,16,23H,7H2,1-6H3/t16-/m0/s1. The molecule has 0 bridgehead atoms. The van der Waals surface area contributed by atoms with Crippen LogP contribution in [0.5, 0.6) is 0 Å². The van der Waals surface area contributed by atoms with Gasteiger partial charge < -0.3 is 14.6 Å². The van der Waals surface area contributed by atoms with Crippen molar-refractivity contribution >= 4 is 17.7 Å². The van der Waals surface area contributed by atoms with Crippen LogP contribution in [0.1, 0.15) is 70.2 Å². The van der Waals surface area contributed by atoms with Crippen molar-refractivity contribution in [2.24, 2.45) is 0 Å². The van der Waals surface area contributed by atoms with Gasteiger partial charge in [0.05, 0.1) is 12.6 Å². The smallest absolute Gasteiger partial charge is 0.355 e. The number of carbonyl (C=O) groups excluding carboxylic acids is 3. The average Bonchev–Trinajstić information content (AvgIpc) is 2.96. The first-order valence-electron chi connectivity index (χ1n) is 9.48. The highest BCUT2D eigenvalue weighted by molar-refractivity contribution is 6.07. The Bertz CT molecular complexity index is 868. The van der Waals surface area contributed by atoms with Gasteiger partial charge in [0.2, 0.25) is 0 Å². The third-order valence-corrected chi connectivity index (χ3v) is 4.77. The SMILES string of the molecule is CCOC(=O)c1[nH]c(C)c(C(=O)[C@H](C)N(C(=O)c2ccccc2)C(C)C)c1C. The molecule has 2 rings (SSSR count). The number of rotatable bonds is 7. The van der Waals surface area contributed by atoms with Crippen LogP contribution in [-0.2, 0) is 4.74 Å². The zero-order valence-corrected chi connectivity index (χ0v) is 17.3. The maximum atomic E-state index is 13.3. The molecule has 1 amide bonds. The number of carbonyl (C=O) groups is 3. The molecule has 0 unspecified atom stereocenters. The van der Waals surface area contributed by atoms with Crippen LogP contribution in [0.4, 0.5) is 0 Å². The first kappa shape index (κ1) is 21.4. The highest BCUT2D eigenvalue weighted by atomic mass is 16.5. The van der Waals surface area contributed by atoms with E-state index in [0.717, 1.165) is 0 Å². The summed E-state index contributed by atoms with van der Waals surface area (Å²) in [5.41, 5.74) is 2.38. The highest BCUT2D eigenvalue weighted by Crippen LogP contribution is 2.23. The van der Waals surface area contributed by atoms with E-state index in [1.807, 2.05) is 19.9 Å². The molecule has 1 aromatic carbocycles.